The summed E-state index contributed by atoms with van der Waals surface area (Å²) < 4.78 is 0. The maximum absolute atomic E-state index is 2.46. The van der Waals surface area contributed by atoms with E-state index in [9.17, 15) is 0 Å². The van der Waals surface area contributed by atoms with Crippen molar-refractivity contribution >= 4 is 8.07 Å². The average molecular weight is 214 g/mol. The Morgan fingerprint density at radius 3 is 0.857 bits per heavy atom. The van der Waals surface area contributed by atoms with Gasteiger partial charge < -0.3 is 0 Å². The Balaban J connectivity index is 5.40. The van der Waals surface area contributed by atoms with Gasteiger partial charge in [-0.3, -0.25) is 0 Å². The second-order valence-corrected chi connectivity index (χ2v) is 13.5. The van der Waals surface area contributed by atoms with Gasteiger partial charge in [-0.05, 0) is 5.04 Å². The fourth-order valence-corrected chi connectivity index (χ4v) is 13.8. The molecule has 0 aliphatic rings. The lowest BCUT2D eigenvalue weighted by atomic mass is 10.2. The second kappa shape index (κ2) is 4.38. The van der Waals surface area contributed by atoms with Gasteiger partial charge in [0.2, 0.25) is 0 Å². The Hall–Kier alpha value is 0.217. The molecule has 0 rings (SSSR count). The number of hydrogen-bond acceptors (Lipinski definition) is 0. The van der Waals surface area contributed by atoms with E-state index in [2.05, 4.69) is 62.3 Å². The van der Waals surface area contributed by atoms with Crippen LogP contribution in [0.2, 0.25) is 21.7 Å². The van der Waals surface area contributed by atoms with Gasteiger partial charge in [0.05, 0.1) is 8.07 Å². The molecule has 0 nitrogen and oxygen atoms in total. The average Bonchev–Trinajstić information content (AvgIpc) is 1.79. The summed E-state index contributed by atoms with van der Waals surface area (Å²) in [5, 5.41) is 0.517. The van der Waals surface area contributed by atoms with E-state index in [0.29, 0.717) is 5.04 Å². The van der Waals surface area contributed by atoms with Crippen LogP contribution < -0.4 is 0 Å². The van der Waals surface area contributed by atoms with Gasteiger partial charge in [-0.2, -0.15) is 0 Å². The molecule has 0 bridgehead atoms. The smallest absolute Gasteiger partial charge is 0.0651 e. The molecular formula is C13H30Si. The first-order valence-corrected chi connectivity index (χ1v) is 8.31. The topological polar surface area (TPSA) is 0 Å². The molecule has 0 fully saturated rings. The van der Waals surface area contributed by atoms with Gasteiger partial charge in [-0.25, -0.2) is 0 Å². The molecule has 0 aromatic rings. The zero-order valence-electron chi connectivity index (χ0n) is 11.7. The van der Waals surface area contributed by atoms with Crippen molar-refractivity contribution in [3.8, 4) is 0 Å². The van der Waals surface area contributed by atoms with Crippen LogP contribution in [0, 0.1) is 0 Å². The lowest BCUT2D eigenvalue weighted by Gasteiger charge is -2.52. The summed E-state index contributed by atoms with van der Waals surface area (Å²) in [4.78, 5) is 0. The van der Waals surface area contributed by atoms with E-state index in [0.717, 1.165) is 16.6 Å². The fourth-order valence-electron chi connectivity index (χ4n) is 4.60. The minimum absolute atomic E-state index is 0.517. The molecule has 0 saturated carbocycles. The van der Waals surface area contributed by atoms with Crippen LogP contribution in [0.3, 0.4) is 0 Å². The third-order valence-electron chi connectivity index (χ3n) is 4.17. The maximum atomic E-state index is 2.46. The van der Waals surface area contributed by atoms with Gasteiger partial charge in [0.1, 0.15) is 0 Å². The van der Waals surface area contributed by atoms with E-state index in [1.807, 2.05) is 0 Å². The Bertz CT molecular complexity index is 150. The van der Waals surface area contributed by atoms with Gasteiger partial charge >= 0.3 is 0 Å². The third-order valence-corrected chi connectivity index (χ3v) is 12.5. The molecule has 0 aliphatic carbocycles. The van der Waals surface area contributed by atoms with Crippen LogP contribution in [-0.2, 0) is 0 Å². The first kappa shape index (κ1) is 14.2. The van der Waals surface area contributed by atoms with Gasteiger partial charge in [-0.15, -0.1) is 0 Å². The van der Waals surface area contributed by atoms with Crippen LogP contribution in [0.1, 0.15) is 62.3 Å². The normalized spacial score (nSPS) is 14.6. The van der Waals surface area contributed by atoms with Crippen molar-refractivity contribution in [1.82, 2.24) is 0 Å². The highest BCUT2D eigenvalue weighted by molar-refractivity contribution is 6.86. The first-order valence-electron chi connectivity index (χ1n) is 6.08. The molecule has 0 saturated heterocycles. The van der Waals surface area contributed by atoms with E-state index in [-0.39, 0.29) is 0 Å². The van der Waals surface area contributed by atoms with Crippen molar-refractivity contribution in [3.05, 3.63) is 0 Å². The Labute approximate surface area is 92.5 Å². The van der Waals surface area contributed by atoms with Gasteiger partial charge in [0.25, 0.3) is 0 Å². The summed E-state index contributed by atoms with van der Waals surface area (Å²) >= 11 is 0. The Morgan fingerprint density at radius 2 is 0.857 bits per heavy atom. The summed E-state index contributed by atoms with van der Waals surface area (Å²) in [7, 11) is -1.23. The summed E-state index contributed by atoms with van der Waals surface area (Å²) in [6.07, 6.45) is 0. The molecule has 0 aliphatic heterocycles. The number of hydrogen-bond donors (Lipinski definition) is 0. The van der Waals surface area contributed by atoms with Crippen molar-refractivity contribution in [1.29, 1.82) is 0 Å². The monoisotopic (exact) mass is 214 g/mol. The van der Waals surface area contributed by atoms with E-state index >= 15 is 0 Å². The van der Waals surface area contributed by atoms with Crippen LogP contribution in [0.15, 0.2) is 0 Å². The van der Waals surface area contributed by atoms with E-state index < -0.39 is 8.07 Å². The second-order valence-electron chi connectivity index (χ2n) is 6.65. The minimum Gasteiger partial charge on any atom is -0.0651 e. The molecule has 86 valence electrons. The summed E-state index contributed by atoms with van der Waals surface area (Å²) in [6, 6.07) is 0. The Morgan fingerprint density at radius 1 is 0.643 bits per heavy atom. The Kier molecular flexibility index (Phi) is 4.45. The van der Waals surface area contributed by atoms with Crippen LogP contribution in [0.25, 0.3) is 0 Å². The van der Waals surface area contributed by atoms with E-state index in [1.165, 1.54) is 0 Å². The minimum atomic E-state index is -1.23. The zero-order chi connectivity index (χ0) is 11.7. The summed E-state index contributed by atoms with van der Waals surface area (Å²) in [6.45, 7) is 22.0. The molecule has 0 amide bonds. The standard InChI is InChI=1S/C13H30Si/c1-10(2)14(11(3)4,12(5)6)13(7,8)9/h10-12H,1-9H3. The highest BCUT2D eigenvalue weighted by Crippen LogP contribution is 2.55. The van der Waals surface area contributed by atoms with E-state index in [1.54, 1.807) is 0 Å². The number of rotatable bonds is 3. The quantitative estimate of drug-likeness (QED) is 0.547. The highest BCUT2D eigenvalue weighted by atomic mass is 28.3. The van der Waals surface area contributed by atoms with Crippen LogP contribution in [0.5, 0.6) is 0 Å². The van der Waals surface area contributed by atoms with Gasteiger partial charge in [0, 0.05) is 0 Å². The molecule has 0 atom stereocenters. The molecule has 0 unspecified atom stereocenters. The van der Waals surface area contributed by atoms with Crippen molar-refractivity contribution in [2.75, 3.05) is 0 Å². The molecule has 0 spiro atoms. The van der Waals surface area contributed by atoms with E-state index in [4.69, 9.17) is 0 Å². The summed E-state index contributed by atoms with van der Waals surface area (Å²) in [5.41, 5.74) is 2.63. The van der Waals surface area contributed by atoms with Gasteiger partial charge in [-0.1, -0.05) is 78.9 Å². The lowest BCUT2D eigenvalue weighted by Crippen LogP contribution is -2.52. The van der Waals surface area contributed by atoms with Crippen LogP contribution in [0.4, 0.5) is 0 Å². The molecule has 0 N–H and O–H groups in total. The SMILES string of the molecule is CC(C)[Si](C(C)C)(C(C)C)C(C)(C)C. The predicted octanol–water partition coefficient (Wildman–Crippen LogP) is 5.47. The largest absolute Gasteiger partial charge is 0.0666 e. The maximum Gasteiger partial charge on any atom is 0.0666 e. The van der Waals surface area contributed by atoms with Gasteiger partial charge in [0.15, 0.2) is 0 Å². The first-order chi connectivity index (χ1) is 6.08. The van der Waals surface area contributed by atoms with Crippen LogP contribution in [-0.4, -0.2) is 8.07 Å². The van der Waals surface area contributed by atoms with Crippen molar-refractivity contribution in [2.45, 2.75) is 84.0 Å². The molecule has 0 radical (unpaired) electrons. The molecule has 0 aromatic heterocycles. The summed E-state index contributed by atoms with van der Waals surface area (Å²) in [5.74, 6) is 0. The zero-order valence-corrected chi connectivity index (χ0v) is 12.7. The van der Waals surface area contributed by atoms with Crippen molar-refractivity contribution < 1.29 is 0 Å². The molecule has 0 heterocycles. The fraction of sp³-hybridized carbons (Fsp3) is 1.00. The molecule has 1 heteroatoms. The molecule has 0 aromatic carbocycles. The van der Waals surface area contributed by atoms with Crippen molar-refractivity contribution in [2.24, 2.45) is 0 Å². The lowest BCUT2D eigenvalue weighted by molar-refractivity contribution is 0.628. The third kappa shape index (κ3) is 2.08. The highest BCUT2D eigenvalue weighted by Gasteiger charge is 2.50. The predicted molar refractivity (Wildman–Crippen MR) is 70.8 cm³/mol. The molecular weight excluding hydrogens is 184 g/mol. The van der Waals surface area contributed by atoms with Crippen LogP contribution >= 0.6 is 0 Å². The molecule has 14 heavy (non-hydrogen) atoms. The van der Waals surface area contributed by atoms with Crippen molar-refractivity contribution in [3.63, 3.8) is 0 Å².